The molecule has 31 atom stereocenters. The highest BCUT2D eigenvalue weighted by Crippen LogP contribution is 2.71. The number of hydrogen-bond acceptors (Lipinski definition) is 1. The highest BCUT2D eigenvalue weighted by Gasteiger charge is 2.64. The summed E-state index contributed by atoms with van der Waals surface area (Å²) in [6.07, 6.45) is 112. The van der Waals surface area contributed by atoms with Gasteiger partial charge in [0.25, 0.3) is 0 Å². The smallest absolute Gasteiger partial charge is 0.127 e. The first-order valence-corrected chi connectivity index (χ1v) is 51.4. The summed E-state index contributed by atoms with van der Waals surface area (Å²) in [6, 6.07) is 18.9. The largest absolute Gasteiger partial charge is 0.493 e. The van der Waals surface area contributed by atoms with Crippen LogP contribution < -0.4 is 4.74 Å². The van der Waals surface area contributed by atoms with E-state index in [1.807, 2.05) is 0 Å². The third-order valence-electron chi connectivity index (χ3n) is 35.9. The Hall–Kier alpha value is -4.62. The molecule has 0 aromatic heterocycles. The van der Waals surface area contributed by atoms with Crippen molar-refractivity contribution in [3.8, 4) is 16.9 Å². The summed E-state index contributed by atoms with van der Waals surface area (Å²) < 4.78 is 6.14. The van der Waals surface area contributed by atoms with E-state index in [2.05, 4.69) is 218 Å². The van der Waals surface area contributed by atoms with Gasteiger partial charge in [0, 0.05) is 5.56 Å². The highest BCUT2D eigenvalue weighted by atomic mass is 16.5. The minimum atomic E-state index is 0.818. The summed E-state index contributed by atoms with van der Waals surface area (Å²) in [5.74, 6) is 32.0. The zero-order valence-electron chi connectivity index (χ0n) is 74.7. The average molecular weight is 1560 g/mol. The van der Waals surface area contributed by atoms with Crippen LogP contribution in [-0.4, -0.2) is 6.61 Å². The van der Waals surface area contributed by atoms with Gasteiger partial charge in [-0.2, -0.15) is 0 Å². The predicted octanol–water partition coefficient (Wildman–Crippen LogP) is 32.8. The Morgan fingerprint density at radius 2 is 0.733 bits per heavy atom. The molecule has 0 amide bonds. The highest BCUT2D eigenvalue weighted by molar-refractivity contribution is 5.70. The second kappa shape index (κ2) is 42.0. The zero-order chi connectivity index (χ0) is 79.1. The standard InChI is InChI=1S/C21H22O.C17H30.C15H18.C15H26.C14H18.C13H22.C11H18.C9H12/c1-2-6-17(7-3-1)20-8-4-5-9-21(20)22-13-12-19-15-16-10-11-18(19)14-16;1-2-3-4-5-6-7-8-9-10-16-13-15-11-12-17(16)14-15;1-2-10-11(3-1)13-7-12(10)14-8-4-5-9(6-8)15(13)14;1-2-3-4-5-6-7-8-14-11-13-9-10-15(14)12-13;1-2-8-5-11-7-12(8)14-10-4-3-9(6-10)13(11)14;1-2-3-4-5-6-12-9-11-7-8-13(12)10-11;1-2-3-4-10-7-9-5-6-11(10)8-9;1-2-8-5-7-3-4-9(8)6-7/h1-11,16,18-19H,12-15H2;11-12,15-17H,2-10,13-14H2,1H3;1-2,4-5,8-15H,3,6-7H2;9-10,13-15H,2-8,11-12H2,1H3;2-4,9-14H,5-7H2,1H3;7-8,11-13H,2-6,9-10H2,1H3;5-6,9-11H,2-4,7-8H2,1H3;2-4,7,9H,5-6H2,1H3/b;;;;8-2+;;;8-2+. The van der Waals surface area contributed by atoms with Gasteiger partial charge in [-0.1, -0.05) is 337 Å². The SMILES string of the molecule is C/C=C1\CC2C=CC1C2.C/C=C1\CC2CC1C1C3C=CC(C3)C21.C1=CC2C(C1)C1CC2C2C3C=CC(C3)C12.C1=CC2CC1CC2CCOc1ccccc1-c1ccccc1.CCCCC1CC2C=CC1C2.CCCCCCC1CC2C=CC1C2.CCCCCCCCC1CC2C=CC1C2.CCCCCCCCCCC1CC2C=CC1C2. The molecular weight excluding hydrogens is 1400 g/mol. The van der Waals surface area contributed by atoms with Crippen LogP contribution in [0.5, 0.6) is 5.75 Å². The molecule has 0 heterocycles. The first-order valence-electron chi connectivity index (χ1n) is 51.4. The Morgan fingerprint density at radius 1 is 0.310 bits per heavy atom. The molecule has 12 saturated carbocycles. The molecule has 0 saturated heterocycles. The fraction of sp³-hybridized carbons (Fsp3) is 0.704. The van der Waals surface area contributed by atoms with Crippen molar-refractivity contribution in [3.63, 3.8) is 0 Å². The molecule has 12 fully saturated rings. The van der Waals surface area contributed by atoms with Gasteiger partial charge < -0.3 is 4.74 Å². The molecule has 0 aliphatic heterocycles. The molecule has 20 bridgehead atoms. The Morgan fingerprint density at radius 3 is 1.18 bits per heavy atom. The summed E-state index contributed by atoms with van der Waals surface area (Å²) in [5.41, 5.74) is 5.89. The lowest BCUT2D eigenvalue weighted by molar-refractivity contribution is 0.121. The van der Waals surface area contributed by atoms with E-state index in [-0.39, 0.29) is 0 Å². The van der Waals surface area contributed by atoms with Crippen molar-refractivity contribution < 1.29 is 4.74 Å². The molecule has 21 aliphatic carbocycles. The van der Waals surface area contributed by atoms with Crippen molar-refractivity contribution in [2.75, 3.05) is 6.61 Å². The maximum atomic E-state index is 6.14. The van der Waals surface area contributed by atoms with Gasteiger partial charge in [-0.15, -0.1) is 0 Å². The zero-order valence-corrected chi connectivity index (χ0v) is 74.7. The number of allylic oxidation sites excluding steroid dienone is 22. The van der Waals surface area contributed by atoms with Gasteiger partial charge in [-0.3, -0.25) is 0 Å². The lowest BCUT2D eigenvalue weighted by Crippen LogP contribution is -2.34. The molecule has 0 spiro atoms. The average Bonchev–Trinajstić information content (AvgIpc) is 1.54. The summed E-state index contributed by atoms with van der Waals surface area (Å²) in [4.78, 5) is 0. The molecule has 23 rings (SSSR count). The number of fused-ring (bicyclic) bond motifs is 33. The molecule has 21 aliphatic rings. The number of hydrogen-bond donors (Lipinski definition) is 0. The van der Waals surface area contributed by atoms with Crippen molar-refractivity contribution >= 4 is 0 Å². The maximum absolute atomic E-state index is 6.14. The van der Waals surface area contributed by atoms with Gasteiger partial charge in [-0.25, -0.2) is 0 Å². The lowest BCUT2D eigenvalue weighted by atomic mass is 9.66. The number of para-hydroxylation sites is 1. The topological polar surface area (TPSA) is 9.23 Å². The molecule has 116 heavy (non-hydrogen) atoms. The lowest BCUT2D eigenvalue weighted by Gasteiger charge is -2.38. The summed E-state index contributed by atoms with van der Waals surface area (Å²) in [7, 11) is 0. The van der Waals surface area contributed by atoms with Crippen molar-refractivity contribution in [3.05, 3.63) is 187 Å². The third-order valence-corrected chi connectivity index (χ3v) is 35.9. The predicted molar refractivity (Wildman–Crippen MR) is 497 cm³/mol. The summed E-state index contributed by atoms with van der Waals surface area (Å²) in [5, 5.41) is 0. The normalized spacial score (nSPS) is 40.6. The van der Waals surface area contributed by atoms with Crippen LogP contribution in [0.4, 0.5) is 0 Å². The first-order chi connectivity index (χ1) is 57.2. The molecule has 632 valence electrons. The van der Waals surface area contributed by atoms with Crippen molar-refractivity contribution in [1.29, 1.82) is 0 Å². The number of ether oxygens (including phenoxy) is 1. The van der Waals surface area contributed by atoms with Crippen molar-refractivity contribution in [2.24, 2.45) is 183 Å². The summed E-state index contributed by atoms with van der Waals surface area (Å²) >= 11 is 0. The van der Waals surface area contributed by atoms with Crippen LogP contribution in [0.25, 0.3) is 11.1 Å². The van der Waals surface area contributed by atoms with Crippen LogP contribution in [0.1, 0.15) is 318 Å². The number of rotatable bonds is 29. The third kappa shape index (κ3) is 20.5. The van der Waals surface area contributed by atoms with Gasteiger partial charge >= 0.3 is 0 Å². The van der Waals surface area contributed by atoms with Gasteiger partial charge in [0.05, 0.1) is 6.61 Å². The molecule has 1 heteroatoms. The van der Waals surface area contributed by atoms with E-state index in [9.17, 15) is 0 Å². The summed E-state index contributed by atoms with van der Waals surface area (Å²) in [6.45, 7) is 14.4. The van der Waals surface area contributed by atoms with E-state index in [1.54, 1.807) is 17.6 Å². The molecule has 0 radical (unpaired) electrons. The van der Waals surface area contributed by atoms with Crippen molar-refractivity contribution in [1.82, 2.24) is 0 Å². The van der Waals surface area contributed by atoms with Crippen LogP contribution >= 0.6 is 0 Å². The van der Waals surface area contributed by atoms with Gasteiger partial charge in [0.1, 0.15) is 5.75 Å². The van der Waals surface area contributed by atoms with Gasteiger partial charge in [0.15, 0.2) is 0 Å². The minimum Gasteiger partial charge on any atom is -0.493 e. The van der Waals surface area contributed by atoms with Gasteiger partial charge in [0.2, 0.25) is 0 Å². The van der Waals surface area contributed by atoms with Crippen LogP contribution in [0, 0.1) is 183 Å². The van der Waals surface area contributed by atoms with Crippen LogP contribution in [0.15, 0.2) is 187 Å². The Balaban J connectivity index is 0.000000101. The van der Waals surface area contributed by atoms with E-state index in [0.717, 1.165) is 196 Å². The molecule has 2 aromatic rings. The van der Waals surface area contributed by atoms with E-state index in [0.29, 0.717) is 0 Å². The molecular formula is C115H166O. The minimum absolute atomic E-state index is 0.818. The molecule has 31 unspecified atom stereocenters. The number of benzene rings is 2. The fourth-order valence-corrected chi connectivity index (χ4v) is 30.3. The second-order valence-electron chi connectivity index (χ2n) is 42.9. The maximum Gasteiger partial charge on any atom is 0.127 e. The van der Waals surface area contributed by atoms with Gasteiger partial charge in [-0.05, 0) is 357 Å². The van der Waals surface area contributed by atoms with E-state index < -0.39 is 0 Å². The second-order valence-corrected chi connectivity index (χ2v) is 42.9. The van der Waals surface area contributed by atoms with E-state index in [1.165, 1.54) is 281 Å². The van der Waals surface area contributed by atoms with Crippen LogP contribution in [0.3, 0.4) is 0 Å². The quantitative estimate of drug-likeness (QED) is 0.0448. The Labute approximate surface area is 712 Å². The van der Waals surface area contributed by atoms with E-state index >= 15 is 0 Å². The Kier molecular flexibility index (Phi) is 30.7. The molecule has 2 aromatic carbocycles. The molecule has 0 N–H and O–H groups in total. The van der Waals surface area contributed by atoms with Crippen LogP contribution in [0.2, 0.25) is 0 Å². The van der Waals surface area contributed by atoms with Crippen LogP contribution in [-0.2, 0) is 0 Å². The molecule has 1 nitrogen and oxygen atoms in total. The Bertz CT molecular complexity index is 3700. The van der Waals surface area contributed by atoms with E-state index in [4.69, 9.17) is 4.74 Å². The monoisotopic (exact) mass is 1560 g/mol. The fourth-order valence-electron chi connectivity index (χ4n) is 30.3. The van der Waals surface area contributed by atoms with Crippen molar-refractivity contribution in [2.45, 2.75) is 318 Å². The first kappa shape index (κ1) is 85.0. The number of unbranched alkanes of at least 4 members (excludes halogenated alkanes) is 16.